The fraction of sp³-hybridized carbons (Fsp3) is 1.00. The molecule has 0 heterocycles. The van der Waals surface area contributed by atoms with E-state index in [1.165, 1.54) is 25.8 Å². The summed E-state index contributed by atoms with van der Waals surface area (Å²) in [5.74, 6) is 0.818. The van der Waals surface area contributed by atoms with E-state index in [9.17, 15) is 0 Å². The van der Waals surface area contributed by atoms with Gasteiger partial charge in [-0.15, -0.1) is 0 Å². The number of nitrogens with zero attached hydrogens (tertiary/aromatic N) is 1. The minimum Gasteiger partial charge on any atom is -0.317 e. The van der Waals surface area contributed by atoms with Gasteiger partial charge in [0.25, 0.3) is 0 Å². The molecule has 0 radical (unpaired) electrons. The van der Waals surface area contributed by atoms with Gasteiger partial charge in [-0.3, -0.25) is 0 Å². The van der Waals surface area contributed by atoms with Gasteiger partial charge in [-0.1, -0.05) is 13.8 Å². The highest BCUT2D eigenvalue weighted by molar-refractivity contribution is 4.89. The molecule has 1 fully saturated rings. The van der Waals surface area contributed by atoms with Crippen molar-refractivity contribution in [2.75, 3.05) is 27.7 Å². The third kappa shape index (κ3) is 3.25. The van der Waals surface area contributed by atoms with Crippen LogP contribution in [0.4, 0.5) is 0 Å². The topological polar surface area (TPSA) is 15.3 Å². The van der Waals surface area contributed by atoms with Crippen molar-refractivity contribution in [1.29, 1.82) is 0 Å². The average molecular weight is 198 g/mol. The van der Waals surface area contributed by atoms with Crippen LogP contribution in [0.25, 0.3) is 0 Å². The molecule has 0 aromatic heterocycles. The summed E-state index contributed by atoms with van der Waals surface area (Å²) in [5, 5.41) is 3.47. The Morgan fingerprint density at radius 2 is 2.00 bits per heavy atom. The van der Waals surface area contributed by atoms with Crippen LogP contribution in [0.5, 0.6) is 0 Å². The van der Waals surface area contributed by atoms with Crippen LogP contribution in [0.15, 0.2) is 0 Å². The quantitative estimate of drug-likeness (QED) is 0.746. The molecule has 0 saturated heterocycles. The summed E-state index contributed by atoms with van der Waals surface area (Å²) in [7, 11) is 6.45. The average Bonchev–Trinajstić information content (AvgIpc) is 2.01. The van der Waals surface area contributed by atoms with Crippen molar-refractivity contribution < 1.29 is 0 Å². The summed E-state index contributed by atoms with van der Waals surface area (Å²) in [5.41, 5.74) is 0.550. The number of nitrogens with one attached hydrogen (secondary N) is 1. The fourth-order valence-corrected chi connectivity index (χ4v) is 2.78. The molecule has 2 atom stereocenters. The monoisotopic (exact) mass is 198 g/mol. The summed E-state index contributed by atoms with van der Waals surface area (Å²) in [6, 6.07) is 0.727. The second-order valence-corrected chi connectivity index (χ2v) is 5.82. The molecule has 0 spiro atoms. The number of hydrogen-bond donors (Lipinski definition) is 1. The number of hydrogen-bond acceptors (Lipinski definition) is 2. The predicted octanol–water partition coefficient (Wildman–Crippen LogP) is 1.96. The lowest BCUT2D eigenvalue weighted by Gasteiger charge is -2.41. The van der Waals surface area contributed by atoms with Crippen molar-refractivity contribution in [2.24, 2.45) is 11.3 Å². The van der Waals surface area contributed by atoms with E-state index in [1.807, 2.05) is 0 Å². The van der Waals surface area contributed by atoms with Crippen LogP contribution in [0.2, 0.25) is 0 Å². The molecule has 2 unspecified atom stereocenters. The Hall–Kier alpha value is -0.0800. The fourth-order valence-electron chi connectivity index (χ4n) is 2.78. The summed E-state index contributed by atoms with van der Waals surface area (Å²) < 4.78 is 0. The van der Waals surface area contributed by atoms with Crippen LogP contribution >= 0.6 is 0 Å². The Morgan fingerprint density at radius 1 is 1.36 bits per heavy atom. The molecule has 1 saturated carbocycles. The van der Waals surface area contributed by atoms with Gasteiger partial charge in [0.05, 0.1) is 0 Å². The molecule has 2 nitrogen and oxygen atoms in total. The van der Waals surface area contributed by atoms with Crippen molar-refractivity contribution in [2.45, 2.75) is 39.2 Å². The van der Waals surface area contributed by atoms with Crippen LogP contribution in [0.1, 0.15) is 33.1 Å². The van der Waals surface area contributed by atoms with E-state index in [0.717, 1.165) is 12.0 Å². The highest BCUT2D eigenvalue weighted by Crippen LogP contribution is 2.38. The Bertz CT molecular complexity index is 175. The molecule has 2 heteroatoms. The summed E-state index contributed by atoms with van der Waals surface area (Å²) >= 11 is 0. The summed E-state index contributed by atoms with van der Waals surface area (Å²) in [6.07, 6.45) is 4.06. The van der Waals surface area contributed by atoms with Crippen molar-refractivity contribution in [3.05, 3.63) is 0 Å². The molecule has 14 heavy (non-hydrogen) atoms. The van der Waals surface area contributed by atoms with Crippen molar-refractivity contribution in [3.8, 4) is 0 Å². The Labute approximate surface area is 89.1 Å². The molecule has 0 aromatic rings. The second kappa shape index (κ2) is 4.63. The molecule has 1 N–H and O–H groups in total. The largest absolute Gasteiger partial charge is 0.317 e. The van der Waals surface area contributed by atoms with Gasteiger partial charge < -0.3 is 10.2 Å². The lowest BCUT2D eigenvalue weighted by molar-refractivity contribution is 0.119. The van der Waals surface area contributed by atoms with Gasteiger partial charge in [0.2, 0.25) is 0 Å². The van der Waals surface area contributed by atoms with Crippen LogP contribution in [0.3, 0.4) is 0 Å². The van der Waals surface area contributed by atoms with E-state index in [0.29, 0.717) is 5.41 Å². The van der Waals surface area contributed by atoms with Crippen molar-refractivity contribution in [3.63, 3.8) is 0 Å². The highest BCUT2D eigenvalue weighted by Gasteiger charge is 2.33. The van der Waals surface area contributed by atoms with E-state index >= 15 is 0 Å². The standard InChI is InChI=1S/C12H26N2/c1-12(2)7-6-11(13-3)10(8-12)9-14(4)5/h10-11,13H,6-9H2,1-5H3. The third-order valence-electron chi connectivity index (χ3n) is 3.49. The van der Waals surface area contributed by atoms with Gasteiger partial charge in [0, 0.05) is 12.6 Å². The zero-order valence-electron chi connectivity index (χ0n) is 10.4. The van der Waals surface area contributed by atoms with Crippen molar-refractivity contribution in [1.82, 2.24) is 10.2 Å². The van der Waals surface area contributed by atoms with Crippen LogP contribution in [-0.2, 0) is 0 Å². The molecular weight excluding hydrogens is 172 g/mol. The van der Waals surface area contributed by atoms with Gasteiger partial charge in [-0.25, -0.2) is 0 Å². The van der Waals surface area contributed by atoms with E-state index in [1.54, 1.807) is 0 Å². The first-order chi connectivity index (χ1) is 6.44. The Balaban J connectivity index is 2.56. The minimum atomic E-state index is 0.550. The first-order valence-corrected chi connectivity index (χ1v) is 5.76. The normalized spacial score (nSPS) is 32.1. The zero-order valence-corrected chi connectivity index (χ0v) is 10.4. The van der Waals surface area contributed by atoms with Gasteiger partial charge in [-0.05, 0) is 51.7 Å². The molecule has 0 amide bonds. The smallest absolute Gasteiger partial charge is 0.0105 e. The molecule has 0 aliphatic heterocycles. The molecule has 1 aliphatic carbocycles. The second-order valence-electron chi connectivity index (χ2n) is 5.82. The molecule has 84 valence electrons. The predicted molar refractivity (Wildman–Crippen MR) is 62.5 cm³/mol. The SMILES string of the molecule is CNC1CCC(C)(C)CC1CN(C)C. The van der Waals surface area contributed by atoms with E-state index in [4.69, 9.17) is 0 Å². The van der Waals surface area contributed by atoms with Gasteiger partial charge in [0.15, 0.2) is 0 Å². The molecule has 0 aromatic carbocycles. The lowest BCUT2D eigenvalue weighted by atomic mass is 9.70. The minimum absolute atomic E-state index is 0.550. The maximum absolute atomic E-state index is 3.47. The van der Waals surface area contributed by atoms with Crippen LogP contribution in [-0.4, -0.2) is 38.6 Å². The van der Waals surface area contributed by atoms with Crippen LogP contribution < -0.4 is 5.32 Å². The Kier molecular flexibility index (Phi) is 3.96. The first kappa shape index (κ1) is 12.0. The zero-order chi connectivity index (χ0) is 10.8. The van der Waals surface area contributed by atoms with Gasteiger partial charge in [-0.2, -0.15) is 0 Å². The summed E-state index contributed by atoms with van der Waals surface area (Å²) in [4.78, 5) is 2.32. The maximum atomic E-state index is 3.47. The van der Waals surface area contributed by atoms with E-state index < -0.39 is 0 Å². The number of rotatable bonds is 3. The first-order valence-electron chi connectivity index (χ1n) is 5.76. The molecule has 1 rings (SSSR count). The maximum Gasteiger partial charge on any atom is 0.0105 e. The summed E-state index contributed by atoms with van der Waals surface area (Å²) in [6.45, 7) is 6.03. The van der Waals surface area contributed by atoms with E-state index in [2.05, 4.69) is 45.2 Å². The third-order valence-corrected chi connectivity index (χ3v) is 3.49. The molecule has 0 bridgehead atoms. The van der Waals surface area contributed by atoms with Crippen LogP contribution in [0, 0.1) is 11.3 Å². The molecular formula is C12H26N2. The van der Waals surface area contributed by atoms with E-state index in [-0.39, 0.29) is 0 Å². The van der Waals surface area contributed by atoms with Gasteiger partial charge >= 0.3 is 0 Å². The molecule has 1 aliphatic rings. The lowest BCUT2D eigenvalue weighted by Crippen LogP contribution is -2.45. The van der Waals surface area contributed by atoms with Gasteiger partial charge in [0.1, 0.15) is 0 Å². The van der Waals surface area contributed by atoms with Crippen molar-refractivity contribution >= 4 is 0 Å². The Morgan fingerprint density at radius 3 is 2.50 bits per heavy atom. The highest BCUT2D eigenvalue weighted by atomic mass is 15.1.